The van der Waals surface area contributed by atoms with Crippen molar-refractivity contribution >= 4 is 0 Å². The Kier molecular flexibility index (Phi) is 3.66. The fraction of sp³-hybridized carbons (Fsp3) is 0.700. The number of methoxy groups -OCH3 is 1. The first-order valence-corrected chi connectivity index (χ1v) is 4.70. The molecule has 0 amide bonds. The molecule has 1 heterocycles. The summed E-state index contributed by atoms with van der Waals surface area (Å²) in [6.45, 7) is 7.54. The molecule has 0 saturated heterocycles. The summed E-state index contributed by atoms with van der Waals surface area (Å²) in [5, 5.41) is 7.25. The van der Waals surface area contributed by atoms with Gasteiger partial charge in [-0.3, -0.25) is 0 Å². The highest BCUT2D eigenvalue weighted by Gasteiger charge is 2.10. The highest BCUT2D eigenvalue weighted by molar-refractivity contribution is 5.04. The van der Waals surface area contributed by atoms with Crippen molar-refractivity contribution in [2.75, 3.05) is 7.11 Å². The molecule has 0 atom stereocenters. The Hall–Kier alpha value is -0.870. The number of nitrogens with one attached hydrogen (secondary N) is 1. The lowest BCUT2D eigenvalue weighted by Crippen LogP contribution is -2.35. The third-order valence-electron chi connectivity index (χ3n) is 1.69. The van der Waals surface area contributed by atoms with Gasteiger partial charge >= 0.3 is 0 Å². The van der Waals surface area contributed by atoms with Crippen molar-refractivity contribution in [2.45, 2.75) is 39.5 Å². The summed E-state index contributed by atoms with van der Waals surface area (Å²) in [5.41, 5.74) is 1.01. The molecule has 0 saturated carbocycles. The van der Waals surface area contributed by atoms with Crippen LogP contribution in [0.4, 0.5) is 0 Å². The lowest BCUT2D eigenvalue weighted by molar-refractivity contribution is 0.155. The number of rotatable bonds is 4. The molecule has 0 aromatic carbocycles. The summed E-state index contributed by atoms with van der Waals surface area (Å²) >= 11 is 0. The van der Waals surface area contributed by atoms with Crippen LogP contribution in [0.2, 0.25) is 0 Å². The number of aromatic nitrogens is 1. The predicted molar refractivity (Wildman–Crippen MR) is 53.8 cm³/mol. The third-order valence-corrected chi connectivity index (χ3v) is 1.69. The maximum atomic E-state index is 5.06. The second-order valence-electron chi connectivity index (χ2n) is 4.32. The Morgan fingerprint density at radius 3 is 2.79 bits per heavy atom. The van der Waals surface area contributed by atoms with Crippen LogP contribution in [-0.2, 0) is 17.9 Å². The minimum atomic E-state index is 0.0976. The number of hydrogen-bond acceptors (Lipinski definition) is 4. The quantitative estimate of drug-likeness (QED) is 0.800. The van der Waals surface area contributed by atoms with E-state index < -0.39 is 0 Å². The van der Waals surface area contributed by atoms with Crippen molar-refractivity contribution in [3.05, 3.63) is 17.5 Å². The molecule has 0 radical (unpaired) electrons. The van der Waals surface area contributed by atoms with Crippen LogP contribution in [0.25, 0.3) is 0 Å². The molecule has 4 nitrogen and oxygen atoms in total. The lowest BCUT2D eigenvalue weighted by atomic mass is 10.1. The van der Waals surface area contributed by atoms with E-state index >= 15 is 0 Å². The van der Waals surface area contributed by atoms with Crippen LogP contribution in [0.3, 0.4) is 0 Å². The van der Waals surface area contributed by atoms with E-state index in [1.54, 1.807) is 7.11 Å². The van der Waals surface area contributed by atoms with Gasteiger partial charge in [-0.05, 0) is 20.8 Å². The fourth-order valence-corrected chi connectivity index (χ4v) is 1.01. The van der Waals surface area contributed by atoms with Gasteiger partial charge in [0.15, 0.2) is 5.76 Å². The Balaban J connectivity index is 2.44. The lowest BCUT2D eigenvalue weighted by Gasteiger charge is -2.19. The minimum Gasteiger partial charge on any atom is -0.377 e. The summed E-state index contributed by atoms with van der Waals surface area (Å²) in [4.78, 5) is 0. The van der Waals surface area contributed by atoms with Crippen LogP contribution in [-0.4, -0.2) is 17.8 Å². The van der Waals surface area contributed by atoms with Crippen LogP contribution in [0.5, 0.6) is 0 Å². The smallest absolute Gasteiger partial charge is 0.162 e. The molecule has 1 aromatic rings. The Labute approximate surface area is 84.6 Å². The molecule has 0 unspecified atom stereocenters. The largest absolute Gasteiger partial charge is 0.377 e. The predicted octanol–water partition coefficient (Wildman–Crippen LogP) is 1.71. The maximum Gasteiger partial charge on any atom is 0.162 e. The second kappa shape index (κ2) is 4.57. The number of ether oxygens (including phenoxy) is 1. The summed E-state index contributed by atoms with van der Waals surface area (Å²) in [5.74, 6) is 0.762. The van der Waals surface area contributed by atoms with E-state index in [-0.39, 0.29) is 5.54 Å². The molecule has 1 aromatic heterocycles. The van der Waals surface area contributed by atoms with Gasteiger partial charge in [-0.1, -0.05) is 5.16 Å². The molecule has 0 aliphatic rings. The first kappa shape index (κ1) is 11.2. The molecule has 0 aliphatic carbocycles. The van der Waals surface area contributed by atoms with Gasteiger partial charge < -0.3 is 14.6 Å². The zero-order valence-electron chi connectivity index (χ0n) is 9.26. The monoisotopic (exact) mass is 198 g/mol. The third kappa shape index (κ3) is 3.89. The standard InChI is InChI=1S/C10H18N2O2/c1-10(2,3)11-6-8-5-9(7-13-4)14-12-8/h5,11H,6-7H2,1-4H3. The van der Waals surface area contributed by atoms with E-state index in [1.165, 1.54) is 0 Å². The van der Waals surface area contributed by atoms with E-state index in [2.05, 4.69) is 31.2 Å². The topological polar surface area (TPSA) is 47.3 Å². The average Bonchev–Trinajstić information content (AvgIpc) is 2.49. The SMILES string of the molecule is COCc1cc(CNC(C)(C)C)no1. The minimum absolute atomic E-state index is 0.0976. The molecule has 0 aliphatic heterocycles. The normalized spacial score (nSPS) is 12.0. The van der Waals surface area contributed by atoms with Gasteiger partial charge in [0, 0.05) is 25.3 Å². The highest BCUT2D eigenvalue weighted by Crippen LogP contribution is 2.06. The second-order valence-corrected chi connectivity index (χ2v) is 4.32. The Bertz CT molecular complexity index is 276. The van der Waals surface area contributed by atoms with E-state index in [1.807, 2.05) is 6.07 Å². The summed E-state index contributed by atoms with van der Waals surface area (Å²) in [6.07, 6.45) is 0. The van der Waals surface area contributed by atoms with Crippen molar-refractivity contribution in [1.29, 1.82) is 0 Å². The highest BCUT2D eigenvalue weighted by atomic mass is 16.5. The van der Waals surface area contributed by atoms with Gasteiger partial charge in [-0.15, -0.1) is 0 Å². The van der Waals surface area contributed by atoms with Gasteiger partial charge in [0.2, 0.25) is 0 Å². The van der Waals surface area contributed by atoms with E-state index in [0.29, 0.717) is 6.61 Å². The molecule has 80 valence electrons. The van der Waals surface area contributed by atoms with Gasteiger partial charge in [0.25, 0.3) is 0 Å². The fourth-order valence-electron chi connectivity index (χ4n) is 1.01. The van der Waals surface area contributed by atoms with Crippen LogP contribution < -0.4 is 5.32 Å². The zero-order valence-corrected chi connectivity index (χ0v) is 9.26. The molecule has 14 heavy (non-hydrogen) atoms. The number of nitrogens with zero attached hydrogens (tertiary/aromatic N) is 1. The Morgan fingerprint density at radius 1 is 1.50 bits per heavy atom. The first-order valence-electron chi connectivity index (χ1n) is 4.70. The van der Waals surface area contributed by atoms with Gasteiger partial charge in [-0.25, -0.2) is 0 Å². The van der Waals surface area contributed by atoms with Crippen LogP contribution in [0, 0.1) is 0 Å². The molecule has 1 rings (SSSR count). The van der Waals surface area contributed by atoms with E-state index in [9.17, 15) is 0 Å². The first-order chi connectivity index (χ1) is 6.51. The van der Waals surface area contributed by atoms with Crippen molar-refractivity contribution in [3.8, 4) is 0 Å². The van der Waals surface area contributed by atoms with Gasteiger partial charge in [0.05, 0.1) is 5.69 Å². The molecule has 1 N–H and O–H groups in total. The molecule has 4 heteroatoms. The molecular weight excluding hydrogens is 180 g/mol. The molecular formula is C10H18N2O2. The summed E-state index contributed by atoms with van der Waals surface area (Å²) in [7, 11) is 1.63. The summed E-state index contributed by atoms with van der Waals surface area (Å²) in [6, 6.07) is 1.90. The zero-order chi connectivity index (χ0) is 10.6. The van der Waals surface area contributed by atoms with Crippen molar-refractivity contribution < 1.29 is 9.26 Å². The molecule has 0 bridgehead atoms. The van der Waals surface area contributed by atoms with E-state index in [0.717, 1.165) is 18.0 Å². The van der Waals surface area contributed by atoms with Gasteiger partial charge in [-0.2, -0.15) is 0 Å². The van der Waals surface area contributed by atoms with Crippen LogP contribution >= 0.6 is 0 Å². The molecule has 0 spiro atoms. The van der Waals surface area contributed by atoms with Gasteiger partial charge in [0.1, 0.15) is 6.61 Å². The van der Waals surface area contributed by atoms with Crippen molar-refractivity contribution in [2.24, 2.45) is 0 Å². The number of hydrogen-bond donors (Lipinski definition) is 1. The average molecular weight is 198 g/mol. The van der Waals surface area contributed by atoms with Crippen LogP contribution in [0.15, 0.2) is 10.6 Å². The van der Waals surface area contributed by atoms with E-state index in [4.69, 9.17) is 9.26 Å². The van der Waals surface area contributed by atoms with Crippen molar-refractivity contribution in [1.82, 2.24) is 10.5 Å². The Morgan fingerprint density at radius 2 is 2.21 bits per heavy atom. The van der Waals surface area contributed by atoms with Crippen LogP contribution in [0.1, 0.15) is 32.2 Å². The maximum absolute atomic E-state index is 5.06. The van der Waals surface area contributed by atoms with Crippen molar-refractivity contribution in [3.63, 3.8) is 0 Å². The summed E-state index contributed by atoms with van der Waals surface area (Å²) < 4.78 is 9.99. The molecule has 0 fully saturated rings.